The molecule has 0 bridgehead atoms. The van der Waals surface area contributed by atoms with E-state index in [9.17, 15) is 9.59 Å². The summed E-state index contributed by atoms with van der Waals surface area (Å²) in [6.07, 6.45) is 1.84. The number of nitrogens with one attached hydrogen (secondary N) is 2. The van der Waals surface area contributed by atoms with Crippen LogP contribution >= 0.6 is 11.8 Å². The molecule has 6 nitrogen and oxygen atoms in total. The lowest BCUT2D eigenvalue weighted by molar-refractivity contribution is -0.112. The van der Waals surface area contributed by atoms with E-state index in [1.807, 2.05) is 55.4 Å². The van der Waals surface area contributed by atoms with E-state index in [4.69, 9.17) is 4.74 Å². The minimum absolute atomic E-state index is 0.150. The Kier molecular flexibility index (Phi) is 6.38. The predicted molar refractivity (Wildman–Crippen MR) is 113 cm³/mol. The molecule has 0 aromatic heterocycles. The molecular weight excluding hydrogens is 374 g/mol. The van der Waals surface area contributed by atoms with Gasteiger partial charge < -0.3 is 20.3 Å². The topological polar surface area (TPSA) is 70.7 Å². The van der Waals surface area contributed by atoms with Crippen LogP contribution in [-0.4, -0.2) is 51.0 Å². The summed E-state index contributed by atoms with van der Waals surface area (Å²) < 4.78 is 5.15. The molecule has 7 heteroatoms. The minimum atomic E-state index is -0.182. The lowest BCUT2D eigenvalue weighted by Gasteiger charge is -2.19. The zero-order valence-corrected chi connectivity index (χ0v) is 16.9. The maximum absolute atomic E-state index is 12.5. The minimum Gasteiger partial charge on any atom is -0.497 e. The average Bonchev–Trinajstić information content (AvgIpc) is 2.68. The normalized spacial score (nSPS) is 14.6. The first-order valence-corrected chi connectivity index (χ1v) is 9.70. The fourth-order valence-corrected chi connectivity index (χ4v) is 3.58. The first kappa shape index (κ1) is 20.0. The van der Waals surface area contributed by atoms with Crippen LogP contribution in [0.3, 0.4) is 0 Å². The summed E-state index contributed by atoms with van der Waals surface area (Å²) in [6.45, 7) is 1.33. The van der Waals surface area contributed by atoms with Gasteiger partial charge in [-0.3, -0.25) is 9.59 Å². The van der Waals surface area contributed by atoms with E-state index in [1.54, 1.807) is 19.2 Å². The quantitative estimate of drug-likeness (QED) is 0.733. The molecule has 0 fully saturated rings. The SMILES string of the molecule is COc1ccc(C=C2Sc3ccc(C(=O)NCCN(C)C)cc3NC2=O)cc1. The van der Waals surface area contributed by atoms with Crippen molar-refractivity contribution in [2.24, 2.45) is 0 Å². The number of carbonyl (C=O) groups excluding carboxylic acids is 2. The first-order valence-electron chi connectivity index (χ1n) is 8.88. The van der Waals surface area contributed by atoms with Gasteiger partial charge in [-0.05, 0) is 56.1 Å². The zero-order chi connectivity index (χ0) is 20.1. The Morgan fingerprint density at radius 2 is 1.96 bits per heavy atom. The molecule has 0 unspecified atom stereocenters. The van der Waals surface area contributed by atoms with E-state index in [1.165, 1.54) is 11.8 Å². The number of anilines is 1. The van der Waals surface area contributed by atoms with Gasteiger partial charge in [-0.25, -0.2) is 0 Å². The van der Waals surface area contributed by atoms with Crippen LogP contribution in [0.2, 0.25) is 0 Å². The maximum atomic E-state index is 12.5. The third-order valence-electron chi connectivity index (χ3n) is 4.19. The molecule has 1 aliphatic heterocycles. The lowest BCUT2D eigenvalue weighted by atomic mass is 10.1. The van der Waals surface area contributed by atoms with Gasteiger partial charge in [0, 0.05) is 23.5 Å². The van der Waals surface area contributed by atoms with Crippen LogP contribution in [-0.2, 0) is 4.79 Å². The van der Waals surface area contributed by atoms with Crippen LogP contribution in [0, 0.1) is 0 Å². The predicted octanol–water partition coefficient (Wildman–Crippen LogP) is 3.07. The van der Waals surface area contributed by atoms with Gasteiger partial charge in [0.1, 0.15) is 5.75 Å². The maximum Gasteiger partial charge on any atom is 0.262 e. The molecule has 0 spiro atoms. The highest BCUT2D eigenvalue weighted by molar-refractivity contribution is 8.04. The summed E-state index contributed by atoms with van der Waals surface area (Å²) in [5.41, 5.74) is 2.10. The molecule has 28 heavy (non-hydrogen) atoms. The zero-order valence-electron chi connectivity index (χ0n) is 16.1. The fourth-order valence-electron chi connectivity index (χ4n) is 2.65. The van der Waals surface area contributed by atoms with Crippen molar-refractivity contribution in [3.05, 3.63) is 58.5 Å². The first-order chi connectivity index (χ1) is 13.5. The van der Waals surface area contributed by atoms with Gasteiger partial charge in [-0.15, -0.1) is 0 Å². The summed E-state index contributed by atoms with van der Waals surface area (Å²) in [5.74, 6) is 0.437. The number of carbonyl (C=O) groups is 2. The molecular formula is C21H23N3O3S. The summed E-state index contributed by atoms with van der Waals surface area (Å²) in [6, 6.07) is 12.9. The Morgan fingerprint density at radius 3 is 2.64 bits per heavy atom. The number of ether oxygens (including phenoxy) is 1. The Balaban J connectivity index is 1.73. The monoisotopic (exact) mass is 397 g/mol. The van der Waals surface area contributed by atoms with Crippen molar-refractivity contribution in [1.29, 1.82) is 0 Å². The number of likely N-dealkylation sites (N-methyl/N-ethyl adjacent to an activating group) is 1. The molecule has 1 aliphatic rings. The van der Waals surface area contributed by atoms with Crippen LogP contribution in [0.5, 0.6) is 5.75 Å². The van der Waals surface area contributed by atoms with Gasteiger partial charge in [-0.1, -0.05) is 23.9 Å². The number of amides is 2. The second kappa shape index (κ2) is 8.95. The van der Waals surface area contributed by atoms with Gasteiger partial charge in [0.05, 0.1) is 17.7 Å². The number of thioether (sulfide) groups is 1. The van der Waals surface area contributed by atoms with E-state index in [0.717, 1.165) is 22.8 Å². The van der Waals surface area contributed by atoms with Crippen molar-refractivity contribution in [1.82, 2.24) is 10.2 Å². The van der Waals surface area contributed by atoms with Gasteiger partial charge in [0.25, 0.3) is 11.8 Å². The number of methoxy groups -OCH3 is 1. The summed E-state index contributed by atoms with van der Waals surface area (Å²) >= 11 is 1.39. The standard InChI is InChI=1S/C21H23N3O3S/c1-24(2)11-10-22-20(25)15-6-9-18-17(13-15)23-21(26)19(28-18)12-14-4-7-16(27-3)8-5-14/h4-9,12-13H,10-11H2,1-3H3,(H,22,25)(H,23,26). The number of benzene rings is 2. The Morgan fingerprint density at radius 1 is 1.21 bits per heavy atom. The number of hydrogen-bond donors (Lipinski definition) is 2. The Labute approximate surface area is 168 Å². The molecule has 0 saturated carbocycles. The second-order valence-corrected chi connectivity index (χ2v) is 7.69. The van der Waals surface area contributed by atoms with E-state index in [2.05, 4.69) is 10.6 Å². The highest BCUT2D eigenvalue weighted by Crippen LogP contribution is 2.39. The molecule has 1 heterocycles. The molecule has 2 aromatic rings. The summed E-state index contributed by atoms with van der Waals surface area (Å²) in [7, 11) is 5.52. The van der Waals surface area contributed by atoms with Crippen LogP contribution in [0.15, 0.2) is 52.3 Å². The van der Waals surface area contributed by atoms with Crippen molar-refractivity contribution >= 4 is 35.3 Å². The number of fused-ring (bicyclic) bond motifs is 1. The van der Waals surface area contributed by atoms with Gasteiger partial charge >= 0.3 is 0 Å². The third-order valence-corrected chi connectivity index (χ3v) is 5.29. The number of nitrogens with zero attached hydrogens (tertiary/aromatic N) is 1. The molecule has 146 valence electrons. The van der Waals surface area contributed by atoms with Crippen molar-refractivity contribution in [3.63, 3.8) is 0 Å². The molecule has 2 amide bonds. The number of rotatable bonds is 6. The molecule has 0 aliphatic carbocycles. The summed E-state index contributed by atoms with van der Waals surface area (Å²) in [4.78, 5) is 28.3. The van der Waals surface area contributed by atoms with Crippen LogP contribution in [0.4, 0.5) is 5.69 Å². The highest BCUT2D eigenvalue weighted by atomic mass is 32.2. The van der Waals surface area contributed by atoms with Gasteiger partial charge in [-0.2, -0.15) is 0 Å². The van der Waals surface area contributed by atoms with Crippen LogP contribution in [0.25, 0.3) is 6.08 Å². The Bertz CT molecular complexity index is 908. The molecule has 0 saturated heterocycles. The van der Waals surface area contributed by atoms with Gasteiger partial charge in [0.2, 0.25) is 0 Å². The third kappa shape index (κ3) is 4.94. The summed E-state index contributed by atoms with van der Waals surface area (Å²) in [5, 5.41) is 5.76. The van der Waals surface area contributed by atoms with E-state index >= 15 is 0 Å². The largest absolute Gasteiger partial charge is 0.497 e. The molecule has 0 atom stereocenters. The fraction of sp³-hybridized carbons (Fsp3) is 0.238. The number of hydrogen-bond acceptors (Lipinski definition) is 5. The highest BCUT2D eigenvalue weighted by Gasteiger charge is 2.22. The van der Waals surface area contributed by atoms with Crippen LogP contribution in [0.1, 0.15) is 15.9 Å². The van der Waals surface area contributed by atoms with E-state index in [0.29, 0.717) is 22.7 Å². The lowest BCUT2D eigenvalue weighted by Crippen LogP contribution is -2.31. The van der Waals surface area contributed by atoms with Crippen LogP contribution < -0.4 is 15.4 Å². The van der Waals surface area contributed by atoms with E-state index in [-0.39, 0.29) is 11.8 Å². The molecule has 0 radical (unpaired) electrons. The van der Waals surface area contributed by atoms with Crippen molar-refractivity contribution in [2.45, 2.75) is 4.90 Å². The van der Waals surface area contributed by atoms with E-state index < -0.39 is 0 Å². The van der Waals surface area contributed by atoms with Crippen molar-refractivity contribution in [2.75, 3.05) is 39.6 Å². The molecule has 3 rings (SSSR count). The molecule has 2 N–H and O–H groups in total. The van der Waals surface area contributed by atoms with Crippen molar-refractivity contribution in [3.8, 4) is 5.75 Å². The Hall–Kier alpha value is -2.77. The smallest absolute Gasteiger partial charge is 0.262 e. The van der Waals surface area contributed by atoms with Crippen molar-refractivity contribution < 1.29 is 14.3 Å². The van der Waals surface area contributed by atoms with Gasteiger partial charge in [0.15, 0.2) is 0 Å². The molecule has 2 aromatic carbocycles. The average molecular weight is 398 g/mol. The second-order valence-electron chi connectivity index (χ2n) is 6.61.